The van der Waals surface area contributed by atoms with Gasteiger partial charge in [-0.15, -0.1) is 0 Å². The molecule has 0 N–H and O–H groups in total. The molecule has 1 aliphatic rings. The second-order valence-electron chi connectivity index (χ2n) is 4.39. The molecule has 1 fully saturated rings. The van der Waals surface area contributed by atoms with Crippen LogP contribution in [0.2, 0.25) is 0 Å². The maximum Gasteiger partial charge on any atom is 0.0692 e. The Labute approximate surface area is 72.1 Å². The average molecular weight is 173 g/mol. The van der Waals surface area contributed by atoms with E-state index in [1.807, 2.05) is 0 Å². The van der Waals surface area contributed by atoms with Crippen LogP contribution in [-0.4, -0.2) is 25.2 Å². The third kappa shape index (κ3) is 2.44. The van der Waals surface area contributed by atoms with Crippen LogP contribution in [0.15, 0.2) is 0 Å². The molecule has 1 rings (SSSR count). The summed E-state index contributed by atoms with van der Waals surface area (Å²) in [5.41, 5.74) is 1.13. The van der Waals surface area contributed by atoms with Gasteiger partial charge < -0.3 is 0 Å². The van der Waals surface area contributed by atoms with Gasteiger partial charge in [0.05, 0.1) is 11.8 Å². The van der Waals surface area contributed by atoms with Crippen molar-refractivity contribution >= 4 is 7.26 Å². The normalized spacial score (nSPS) is 22.1. The van der Waals surface area contributed by atoms with E-state index in [0.717, 1.165) is 5.66 Å². The lowest BCUT2D eigenvalue weighted by Crippen LogP contribution is -2.17. The van der Waals surface area contributed by atoms with E-state index in [-0.39, 0.29) is 0 Å². The lowest BCUT2D eigenvalue weighted by atomic mass is 10.0. The molecule has 0 unspecified atom stereocenters. The van der Waals surface area contributed by atoms with Crippen molar-refractivity contribution in [3.05, 3.63) is 0 Å². The van der Waals surface area contributed by atoms with Gasteiger partial charge in [-0.3, -0.25) is 0 Å². The van der Waals surface area contributed by atoms with E-state index in [0.29, 0.717) is 0 Å². The molecule has 0 radical (unpaired) electrons. The summed E-state index contributed by atoms with van der Waals surface area (Å²) < 4.78 is 0. The predicted octanol–water partition coefficient (Wildman–Crippen LogP) is 3.62. The van der Waals surface area contributed by atoms with Gasteiger partial charge in [-0.05, 0) is 32.6 Å². The summed E-state index contributed by atoms with van der Waals surface area (Å²) in [6, 6.07) is 0. The first-order valence-corrected chi connectivity index (χ1v) is 7.93. The average Bonchev–Trinajstić information content (AvgIpc) is 2.06. The first-order chi connectivity index (χ1) is 5.17. The van der Waals surface area contributed by atoms with Crippen LogP contribution < -0.4 is 0 Å². The molecule has 1 aliphatic carbocycles. The van der Waals surface area contributed by atoms with Crippen molar-refractivity contribution in [1.29, 1.82) is 0 Å². The van der Waals surface area contributed by atoms with Crippen LogP contribution in [-0.2, 0) is 0 Å². The van der Waals surface area contributed by atoms with Crippen LogP contribution >= 0.6 is 7.26 Å². The van der Waals surface area contributed by atoms with Gasteiger partial charge in [-0.1, -0.05) is 6.42 Å². The topological polar surface area (TPSA) is 0 Å². The smallest absolute Gasteiger partial charge is 0.0530 e. The Morgan fingerprint density at radius 3 is 2.09 bits per heavy atom. The molecular weight excluding hydrogens is 151 g/mol. The highest BCUT2D eigenvalue weighted by Gasteiger charge is 2.34. The molecule has 0 bridgehead atoms. The van der Waals surface area contributed by atoms with Crippen molar-refractivity contribution in [3.63, 3.8) is 0 Å². The summed E-state index contributed by atoms with van der Waals surface area (Å²) in [6.07, 6.45) is 9.04. The minimum absolute atomic E-state index is 0.499. The molecule has 0 saturated heterocycles. The maximum atomic E-state index is 2.54. The van der Waals surface area contributed by atoms with Crippen LogP contribution in [0.25, 0.3) is 0 Å². The fourth-order valence-corrected chi connectivity index (χ4v) is 4.32. The number of rotatable bonds is 2. The van der Waals surface area contributed by atoms with E-state index in [4.69, 9.17) is 0 Å². The molecular formula is C10H22P+. The van der Waals surface area contributed by atoms with E-state index in [9.17, 15) is 0 Å². The summed E-state index contributed by atoms with van der Waals surface area (Å²) in [4.78, 5) is 0. The molecule has 0 amide bonds. The van der Waals surface area contributed by atoms with Gasteiger partial charge >= 0.3 is 0 Å². The molecule has 1 heteroatoms. The first-order valence-electron chi connectivity index (χ1n) is 4.99. The summed E-state index contributed by atoms with van der Waals surface area (Å²) in [5.74, 6) is 0. The SMILES string of the molecule is CC[P+](C)(C)C1CCCCC1. The van der Waals surface area contributed by atoms with Crippen LogP contribution in [0.5, 0.6) is 0 Å². The van der Waals surface area contributed by atoms with Crippen molar-refractivity contribution in [3.8, 4) is 0 Å². The molecule has 0 atom stereocenters. The molecule has 0 nitrogen and oxygen atoms in total. The molecule has 0 aliphatic heterocycles. The summed E-state index contributed by atoms with van der Waals surface area (Å²) in [5, 5.41) is 0. The van der Waals surface area contributed by atoms with Crippen LogP contribution in [0.4, 0.5) is 0 Å². The predicted molar refractivity (Wildman–Crippen MR) is 56.2 cm³/mol. The van der Waals surface area contributed by atoms with Crippen molar-refractivity contribution in [2.24, 2.45) is 0 Å². The lowest BCUT2D eigenvalue weighted by molar-refractivity contribution is 0.508. The molecule has 66 valence electrons. The highest BCUT2D eigenvalue weighted by atomic mass is 31.2. The molecule has 1 saturated carbocycles. The van der Waals surface area contributed by atoms with Gasteiger partial charge in [0.1, 0.15) is 0 Å². The van der Waals surface area contributed by atoms with Gasteiger partial charge in [0, 0.05) is 20.6 Å². The quantitative estimate of drug-likeness (QED) is 0.559. The molecule has 0 aromatic heterocycles. The Morgan fingerprint density at radius 1 is 1.09 bits per heavy atom. The third-order valence-corrected chi connectivity index (χ3v) is 7.50. The van der Waals surface area contributed by atoms with Crippen molar-refractivity contribution in [1.82, 2.24) is 0 Å². The zero-order chi connectivity index (χ0) is 8.32. The van der Waals surface area contributed by atoms with E-state index in [2.05, 4.69) is 20.3 Å². The molecule has 0 heterocycles. The fourth-order valence-electron chi connectivity index (χ4n) is 2.04. The highest BCUT2D eigenvalue weighted by Crippen LogP contribution is 2.59. The standard InChI is InChI=1S/C10H22P/c1-4-11(2,3)10-8-6-5-7-9-10/h10H,4-9H2,1-3H3/q+1. The van der Waals surface area contributed by atoms with E-state index in [1.54, 1.807) is 0 Å². The second-order valence-corrected chi connectivity index (χ2v) is 9.31. The van der Waals surface area contributed by atoms with Crippen LogP contribution in [0, 0.1) is 0 Å². The van der Waals surface area contributed by atoms with Crippen molar-refractivity contribution in [2.45, 2.75) is 44.7 Å². The van der Waals surface area contributed by atoms with Crippen molar-refractivity contribution in [2.75, 3.05) is 19.5 Å². The summed E-state index contributed by atoms with van der Waals surface area (Å²) >= 11 is 0. The zero-order valence-corrected chi connectivity index (χ0v) is 9.16. The maximum absolute atomic E-state index is 2.54. The molecule has 0 aromatic carbocycles. The van der Waals surface area contributed by atoms with E-state index >= 15 is 0 Å². The summed E-state index contributed by atoms with van der Waals surface area (Å²) in [7, 11) is -0.499. The Kier molecular flexibility index (Phi) is 3.37. The fraction of sp³-hybridized carbons (Fsp3) is 1.00. The molecule has 0 spiro atoms. The van der Waals surface area contributed by atoms with Gasteiger partial charge in [-0.2, -0.15) is 0 Å². The molecule has 11 heavy (non-hydrogen) atoms. The van der Waals surface area contributed by atoms with Gasteiger partial charge in [0.25, 0.3) is 0 Å². The summed E-state index contributed by atoms with van der Waals surface area (Å²) in [6.45, 7) is 7.47. The largest absolute Gasteiger partial charge is 0.0692 e. The zero-order valence-electron chi connectivity index (χ0n) is 8.27. The molecule has 0 aromatic rings. The van der Waals surface area contributed by atoms with Gasteiger partial charge in [0.15, 0.2) is 0 Å². The highest BCUT2D eigenvalue weighted by molar-refractivity contribution is 7.75. The van der Waals surface area contributed by atoms with E-state index in [1.165, 1.54) is 38.3 Å². The number of hydrogen-bond acceptors (Lipinski definition) is 0. The van der Waals surface area contributed by atoms with E-state index < -0.39 is 7.26 Å². The Balaban J connectivity index is 2.43. The monoisotopic (exact) mass is 173 g/mol. The third-order valence-electron chi connectivity index (χ3n) is 3.38. The lowest BCUT2D eigenvalue weighted by Gasteiger charge is -2.30. The second kappa shape index (κ2) is 3.90. The Hall–Kier alpha value is 0.430. The van der Waals surface area contributed by atoms with Gasteiger partial charge in [-0.25, -0.2) is 0 Å². The van der Waals surface area contributed by atoms with Gasteiger partial charge in [0.2, 0.25) is 0 Å². The van der Waals surface area contributed by atoms with Crippen molar-refractivity contribution < 1.29 is 0 Å². The van der Waals surface area contributed by atoms with Crippen LogP contribution in [0.3, 0.4) is 0 Å². The first kappa shape index (κ1) is 9.52. The van der Waals surface area contributed by atoms with Crippen LogP contribution in [0.1, 0.15) is 39.0 Å². The minimum atomic E-state index is -0.499. The minimum Gasteiger partial charge on any atom is -0.0530 e. The Morgan fingerprint density at radius 2 is 1.64 bits per heavy atom. The number of hydrogen-bond donors (Lipinski definition) is 0. The Bertz CT molecular complexity index is 112.